The third-order valence-corrected chi connectivity index (χ3v) is 8.42. The zero-order chi connectivity index (χ0) is 35.2. The minimum Gasteiger partial charge on any atom is -0.497 e. The van der Waals surface area contributed by atoms with E-state index in [1.165, 1.54) is 7.11 Å². The highest BCUT2D eigenvalue weighted by molar-refractivity contribution is 6.02. The first kappa shape index (κ1) is 34.3. The van der Waals surface area contributed by atoms with Crippen LogP contribution >= 0.6 is 0 Å². The number of ether oxygens (including phenoxy) is 4. The number of fused-ring (bicyclic) bond motifs is 1. The number of aliphatic hydroxyl groups is 4. The van der Waals surface area contributed by atoms with E-state index in [1.807, 2.05) is 12.1 Å². The Morgan fingerprint density at radius 1 is 0.700 bits per heavy atom. The van der Waals surface area contributed by atoms with Gasteiger partial charge in [0, 0.05) is 28.4 Å². The fourth-order valence-electron chi connectivity index (χ4n) is 5.80. The zero-order valence-electron chi connectivity index (χ0n) is 27.4. The summed E-state index contributed by atoms with van der Waals surface area (Å²) in [6, 6.07) is 21.0. The number of carbonyl (C=O) groups is 1. The molecule has 5 aromatic rings. The summed E-state index contributed by atoms with van der Waals surface area (Å²) in [5.41, 5.74) is 5.70. The minimum atomic E-state index is -0.505. The van der Waals surface area contributed by atoms with Crippen LogP contribution in [0, 0.1) is 0 Å². The maximum Gasteiger partial charge on any atom is 0.255 e. The van der Waals surface area contributed by atoms with E-state index in [4.69, 9.17) is 23.5 Å². The Balaban J connectivity index is 1.11. The van der Waals surface area contributed by atoms with Crippen molar-refractivity contribution in [2.24, 2.45) is 0 Å². The van der Waals surface area contributed by atoms with Crippen molar-refractivity contribution in [1.82, 2.24) is 10.5 Å². The van der Waals surface area contributed by atoms with Crippen molar-refractivity contribution in [2.45, 2.75) is 32.6 Å². The molecule has 13 heteroatoms. The summed E-state index contributed by atoms with van der Waals surface area (Å²) in [6.45, 7) is -0.891. The number of hydrogen-bond donors (Lipinski definition) is 6. The lowest BCUT2D eigenvalue weighted by atomic mass is 9.97. The topological polar surface area (TPSA) is 185 Å². The van der Waals surface area contributed by atoms with Gasteiger partial charge in [-0.25, -0.2) is 0 Å². The Morgan fingerprint density at radius 2 is 1.42 bits per heavy atom. The van der Waals surface area contributed by atoms with Crippen LogP contribution in [0.1, 0.15) is 44.3 Å². The Kier molecular flexibility index (Phi) is 10.5. The molecule has 13 nitrogen and oxygen atoms in total. The highest BCUT2D eigenvalue weighted by Gasteiger charge is 2.26. The minimum absolute atomic E-state index is 0.155. The van der Waals surface area contributed by atoms with Crippen molar-refractivity contribution in [3.05, 3.63) is 106 Å². The predicted octanol–water partition coefficient (Wildman–Crippen LogP) is 4.31. The van der Waals surface area contributed by atoms with Crippen molar-refractivity contribution < 1.29 is 48.7 Å². The Morgan fingerprint density at radius 3 is 2.10 bits per heavy atom. The Bertz CT molecular complexity index is 1970. The lowest BCUT2D eigenvalue weighted by molar-refractivity contribution is 0.0935. The lowest BCUT2D eigenvalue weighted by Crippen LogP contribution is -2.38. The fourth-order valence-corrected chi connectivity index (χ4v) is 5.80. The van der Waals surface area contributed by atoms with Crippen LogP contribution in [0.2, 0.25) is 0 Å². The quantitative estimate of drug-likeness (QED) is 0.0914. The second kappa shape index (κ2) is 15.3. The third kappa shape index (κ3) is 7.07. The van der Waals surface area contributed by atoms with Crippen LogP contribution in [-0.2, 0) is 26.4 Å². The molecule has 6 N–H and O–H groups in total. The molecule has 260 valence electrons. The van der Waals surface area contributed by atoms with E-state index >= 15 is 0 Å². The van der Waals surface area contributed by atoms with E-state index in [0.717, 1.165) is 5.56 Å². The molecule has 0 radical (unpaired) electrons. The van der Waals surface area contributed by atoms with Gasteiger partial charge in [-0.1, -0.05) is 11.2 Å². The molecule has 1 aromatic heterocycles. The first-order valence-corrected chi connectivity index (χ1v) is 15.8. The van der Waals surface area contributed by atoms with Gasteiger partial charge in [0.2, 0.25) is 0 Å². The lowest BCUT2D eigenvalue weighted by Gasteiger charge is -2.29. The molecule has 1 atom stereocenters. The molecule has 0 aliphatic carbocycles. The van der Waals surface area contributed by atoms with Crippen LogP contribution in [0.15, 0.2) is 77.3 Å². The molecule has 50 heavy (non-hydrogen) atoms. The number of benzene rings is 4. The van der Waals surface area contributed by atoms with E-state index in [2.05, 4.69) is 15.8 Å². The molecular formula is C37H37N3O10. The van der Waals surface area contributed by atoms with Gasteiger partial charge in [-0.15, -0.1) is 0 Å². The molecule has 0 spiro atoms. The standard InChI is InChI=1S/C37H37N3O10/c1-46-27-5-6-30-28(15-27)37(45)39-36(38-30)22-4-7-32(26(11-22)19-43)48-9-10-49-35-14-21(3-8-33(35)47-2)31-16-34(50-40-31)23-12-24(17-41)29(20-44)25(13-23)18-42/h3-8,11-16,36,38,41-44H,9-10,17-20H2,1-2H3,(H,39,45). The molecule has 0 fully saturated rings. The normalized spacial score (nSPS) is 13.6. The number of aliphatic hydroxyl groups excluding tert-OH is 4. The zero-order valence-corrected chi connectivity index (χ0v) is 27.4. The van der Waals surface area contributed by atoms with E-state index in [0.29, 0.717) is 79.1 Å². The van der Waals surface area contributed by atoms with Crippen LogP contribution < -0.4 is 29.6 Å². The molecule has 0 saturated heterocycles. The summed E-state index contributed by atoms with van der Waals surface area (Å²) >= 11 is 0. The summed E-state index contributed by atoms with van der Waals surface area (Å²) in [5, 5.41) is 49.8. The SMILES string of the molecule is COc1ccc2c(c1)C(=O)NC(c1ccc(OCCOc3cc(-c4cc(-c5cc(CO)c(CO)c(CO)c5)on4)ccc3OC)c(CO)c1)N2. The van der Waals surface area contributed by atoms with Crippen LogP contribution in [0.4, 0.5) is 5.69 Å². The van der Waals surface area contributed by atoms with E-state index in [1.54, 1.807) is 67.8 Å². The number of rotatable bonds is 14. The summed E-state index contributed by atoms with van der Waals surface area (Å²) < 4.78 is 28.3. The van der Waals surface area contributed by atoms with E-state index < -0.39 is 6.17 Å². The summed E-state index contributed by atoms with van der Waals surface area (Å²) in [4.78, 5) is 12.8. The van der Waals surface area contributed by atoms with Crippen molar-refractivity contribution in [2.75, 3.05) is 32.8 Å². The molecule has 0 bridgehead atoms. The number of nitrogens with zero attached hydrogens (tertiary/aromatic N) is 1. The number of nitrogens with one attached hydrogen (secondary N) is 2. The number of anilines is 1. The van der Waals surface area contributed by atoms with Crippen molar-refractivity contribution in [3.63, 3.8) is 0 Å². The number of aromatic nitrogens is 1. The predicted molar refractivity (Wildman–Crippen MR) is 182 cm³/mol. The highest BCUT2D eigenvalue weighted by Crippen LogP contribution is 2.35. The highest BCUT2D eigenvalue weighted by atomic mass is 16.5. The van der Waals surface area contributed by atoms with E-state index in [-0.39, 0.29) is 45.5 Å². The third-order valence-electron chi connectivity index (χ3n) is 8.42. The molecule has 4 aromatic carbocycles. The number of hydrogen-bond acceptors (Lipinski definition) is 12. The smallest absolute Gasteiger partial charge is 0.255 e. The molecule has 6 rings (SSSR count). The summed E-state index contributed by atoms with van der Waals surface area (Å²) in [5.74, 6) is 2.19. The number of amides is 1. The average Bonchev–Trinajstić information content (AvgIpc) is 3.66. The average molecular weight is 684 g/mol. The Hall–Kier alpha value is -5.60. The molecule has 1 amide bonds. The molecule has 1 unspecified atom stereocenters. The fraction of sp³-hybridized carbons (Fsp3) is 0.243. The molecule has 1 aliphatic rings. The second-order valence-electron chi connectivity index (χ2n) is 11.4. The molecule has 2 heterocycles. The van der Waals surface area contributed by atoms with Gasteiger partial charge in [-0.3, -0.25) is 4.79 Å². The van der Waals surface area contributed by atoms with Crippen LogP contribution in [0.5, 0.6) is 23.0 Å². The van der Waals surface area contributed by atoms with Crippen molar-refractivity contribution in [3.8, 4) is 45.6 Å². The van der Waals surface area contributed by atoms with Crippen molar-refractivity contribution in [1.29, 1.82) is 0 Å². The summed E-state index contributed by atoms with van der Waals surface area (Å²) in [6.07, 6.45) is -0.505. The van der Waals surface area contributed by atoms with Gasteiger partial charge in [0.05, 0.1) is 46.2 Å². The summed E-state index contributed by atoms with van der Waals surface area (Å²) in [7, 11) is 3.08. The molecule has 0 saturated carbocycles. The largest absolute Gasteiger partial charge is 0.497 e. The van der Waals surface area contributed by atoms with Crippen LogP contribution in [-0.4, -0.2) is 58.9 Å². The van der Waals surface area contributed by atoms with Gasteiger partial charge in [-0.05, 0) is 82.9 Å². The van der Waals surface area contributed by atoms with Crippen LogP contribution in [0.3, 0.4) is 0 Å². The number of methoxy groups -OCH3 is 2. The van der Waals surface area contributed by atoms with E-state index in [9.17, 15) is 25.2 Å². The molecular weight excluding hydrogens is 646 g/mol. The first-order valence-electron chi connectivity index (χ1n) is 15.8. The van der Waals surface area contributed by atoms with Gasteiger partial charge in [-0.2, -0.15) is 0 Å². The van der Waals surface area contributed by atoms with Gasteiger partial charge in [0.1, 0.15) is 36.6 Å². The van der Waals surface area contributed by atoms with Gasteiger partial charge in [0.15, 0.2) is 17.3 Å². The first-order chi connectivity index (χ1) is 24.4. The van der Waals surface area contributed by atoms with Crippen molar-refractivity contribution >= 4 is 11.6 Å². The Labute approximate surface area is 287 Å². The maximum absolute atomic E-state index is 12.8. The monoisotopic (exact) mass is 683 g/mol. The second-order valence-corrected chi connectivity index (χ2v) is 11.4. The van der Waals surface area contributed by atoms with Gasteiger partial charge >= 0.3 is 0 Å². The molecule has 1 aliphatic heterocycles. The maximum atomic E-state index is 12.8. The van der Waals surface area contributed by atoms with Gasteiger partial charge < -0.3 is 54.5 Å². The van der Waals surface area contributed by atoms with Crippen LogP contribution in [0.25, 0.3) is 22.6 Å². The van der Waals surface area contributed by atoms with Gasteiger partial charge in [0.25, 0.3) is 5.91 Å². The number of carbonyl (C=O) groups excluding carboxylic acids is 1.